The van der Waals surface area contributed by atoms with Crippen LogP contribution in [0.1, 0.15) is 16.1 Å². The van der Waals surface area contributed by atoms with Crippen molar-refractivity contribution in [1.29, 1.82) is 0 Å². The predicted octanol–water partition coefficient (Wildman–Crippen LogP) is 0.224. The lowest BCUT2D eigenvalue weighted by Crippen LogP contribution is -1.93. The van der Waals surface area contributed by atoms with Crippen LogP contribution in [0, 0.1) is 0 Å². The SMILES string of the molecule is O=Cc1cc2c(nn1)OCC2. The predicted molar refractivity (Wildman–Crippen MR) is 36.6 cm³/mol. The number of hydrogen-bond donors (Lipinski definition) is 0. The number of carbonyl (C=O) groups is 1. The maximum absolute atomic E-state index is 10.3. The lowest BCUT2D eigenvalue weighted by Gasteiger charge is -1.94. The molecular weight excluding hydrogens is 144 g/mol. The fourth-order valence-corrected chi connectivity index (χ4v) is 1.05. The molecule has 0 aromatic carbocycles. The van der Waals surface area contributed by atoms with Gasteiger partial charge in [-0.15, -0.1) is 10.2 Å². The van der Waals surface area contributed by atoms with Crippen molar-refractivity contribution in [2.45, 2.75) is 6.42 Å². The Balaban J connectivity index is 2.48. The topological polar surface area (TPSA) is 52.1 Å². The summed E-state index contributed by atoms with van der Waals surface area (Å²) in [7, 11) is 0. The smallest absolute Gasteiger partial charge is 0.236 e. The summed E-state index contributed by atoms with van der Waals surface area (Å²) in [6.45, 7) is 0.645. The molecule has 0 spiro atoms. The van der Waals surface area contributed by atoms with Gasteiger partial charge in [0.15, 0.2) is 6.29 Å². The zero-order valence-electron chi connectivity index (χ0n) is 5.78. The quantitative estimate of drug-likeness (QED) is 0.537. The monoisotopic (exact) mass is 150 g/mol. The van der Waals surface area contributed by atoms with Gasteiger partial charge in [-0.2, -0.15) is 0 Å². The molecule has 1 aliphatic heterocycles. The Morgan fingerprint density at radius 1 is 1.55 bits per heavy atom. The average Bonchev–Trinajstić information content (AvgIpc) is 2.50. The molecule has 0 unspecified atom stereocenters. The number of rotatable bonds is 1. The first-order chi connectivity index (χ1) is 5.40. The van der Waals surface area contributed by atoms with Gasteiger partial charge in [-0.05, 0) is 6.07 Å². The Morgan fingerprint density at radius 3 is 3.27 bits per heavy atom. The summed E-state index contributed by atoms with van der Waals surface area (Å²) in [6.07, 6.45) is 1.51. The highest BCUT2D eigenvalue weighted by Gasteiger charge is 2.14. The molecule has 1 aromatic heterocycles. The third-order valence-corrected chi connectivity index (χ3v) is 1.58. The second-order valence-corrected chi connectivity index (χ2v) is 2.32. The molecule has 0 amide bonds. The number of aromatic nitrogens is 2. The van der Waals surface area contributed by atoms with Crippen molar-refractivity contribution in [2.24, 2.45) is 0 Å². The average molecular weight is 150 g/mol. The van der Waals surface area contributed by atoms with Crippen LogP contribution in [-0.2, 0) is 6.42 Å². The van der Waals surface area contributed by atoms with Crippen LogP contribution in [0.2, 0.25) is 0 Å². The highest BCUT2D eigenvalue weighted by molar-refractivity contribution is 5.71. The van der Waals surface area contributed by atoms with E-state index in [9.17, 15) is 4.79 Å². The summed E-state index contributed by atoms with van der Waals surface area (Å²) >= 11 is 0. The molecule has 0 radical (unpaired) electrons. The van der Waals surface area contributed by atoms with Gasteiger partial charge in [0.2, 0.25) is 5.88 Å². The molecule has 0 bridgehead atoms. The fraction of sp³-hybridized carbons (Fsp3) is 0.286. The maximum atomic E-state index is 10.3. The third-order valence-electron chi connectivity index (χ3n) is 1.58. The van der Waals surface area contributed by atoms with E-state index in [4.69, 9.17) is 4.74 Å². The molecule has 2 heterocycles. The molecular formula is C7H6N2O2. The van der Waals surface area contributed by atoms with Crippen LogP contribution in [0.15, 0.2) is 6.07 Å². The van der Waals surface area contributed by atoms with Crippen molar-refractivity contribution in [3.05, 3.63) is 17.3 Å². The largest absolute Gasteiger partial charge is 0.476 e. The molecule has 4 nitrogen and oxygen atoms in total. The van der Waals surface area contributed by atoms with Crippen molar-refractivity contribution < 1.29 is 9.53 Å². The first-order valence-electron chi connectivity index (χ1n) is 3.35. The molecule has 0 saturated carbocycles. The van der Waals surface area contributed by atoms with Gasteiger partial charge in [0.1, 0.15) is 5.69 Å². The van der Waals surface area contributed by atoms with Crippen molar-refractivity contribution >= 4 is 6.29 Å². The molecule has 2 rings (SSSR count). The van der Waals surface area contributed by atoms with Crippen molar-refractivity contribution in [3.63, 3.8) is 0 Å². The van der Waals surface area contributed by atoms with E-state index in [1.807, 2.05) is 0 Å². The summed E-state index contributed by atoms with van der Waals surface area (Å²) in [5.41, 5.74) is 1.34. The van der Waals surface area contributed by atoms with Crippen molar-refractivity contribution in [3.8, 4) is 5.88 Å². The van der Waals surface area contributed by atoms with Crippen LogP contribution < -0.4 is 4.74 Å². The molecule has 0 fully saturated rings. The molecule has 56 valence electrons. The first kappa shape index (κ1) is 6.27. The summed E-state index contributed by atoms with van der Waals surface area (Å²) < 4.78 is 5.11. The van der Waals surface area contributed by atoms with E-state index in [-0.39, 0.29) is 0 Å². The number of fused-ring (bicyclic) bond motifs is 1. The minimum absolute atomic E-state index is 0.370. The van der Waals surface area contributed by atoms with E-state index in [0.29, 0.717) is 24.5 Å². The van der Waals surface area contributed by atoms with Gasteiger partial charge in [-0.25, -0.2) is 0 Å². The molecule has 4 heteroatoms. The lowest BCUT2D eigenvalue weighted by molar-refractivity contribution is 0.111. The van der Waals surface area contributed by atoms with Gasteiger partial charge in [-0.1, -0.05) is 0 Å². The highest BCUT2D eigenvalue weighted by Crippen LogP contribution is 2.20. The minimum Gasteiger partial charge on any atom is -0.476 e. The molecule has 0 atom stereocenters. The van der Waals surface area contributed by atoms with E-state index in [1.165, 1.54) is 0 Å². The van der Waals surface area contributed by atoms with Crippen LogP contribution >= 0.6 is 0 Å². The Bertz CT molecular complexity index is 298. The number of aldehydes is 1. The number of carbonyl (C=O) groups excluding carboxylic acids is 1. The van der Waals surface area contributed by atoms with E-state index in [2.05, 4.69) is 10.2 Å². The van der Waals surface area contributed by atoms with Crippen molar-refractivity contribution in [1.82, 2.24) is 10.2 Å². The molecule has 0 N–H and O–H groups in total. The zero-order valence-corrected chi connectivity index (χ0v) is 5.78. The van der Waals surface area contributed by atoms with Crippen LogP contribution in [0.4, 0.5) is 0 Å². The molecule has 11 heavy (non-hydrogen) atoms. The van der Waals surface area contributed by atoms with Gasteiger partial charge in [0.25, 0.3) is 0 Å². The van der Waals surface area contributed by atoms with Gasteiger partial charge in [0.05, 0.1) is 6.61 Å². The van der Waals surface area contributed by atoms with E-state index < -0.39 is 0 Å². The number of hydrogen-bond acceptors (Lipinski definition) is 4. The second-order valence-electron chi connectivity index (χ2n) is 2.32. The van der Waals surface area contributed by atoms with Crippen LogP contribution in [-0.4, -0.2) is 23.1 Å². The van der Waals surface area contributed by atoms with E-state index in [1.54, 1.807) is 6.07 Å². The summed E-state index contributed by atoms with van der Waals surface area (Å²) in [4.78, 5) is 10.3. The summed E-state index contributed by atoms with van der Waals surface area (Å²) in [5.74, 6) is 0.565. The lowest BCUT2D eigenvalue weighted by atomic mass is 10.2. The summed E-state index contributed by atoms with van der Waals surface area (Å²) in [6, 6.07) is 1.71. The van der Waals surface area contributed by atoms with Gasteiger partial charge < -0.3 is 4.74 Å². The molecule has 1 aliphatic rings. The number of nitrogens with zero attached hydrogens (tertiary/aromatic N) is 2. The molecule has 0 saturated heterocycles. The minimum atomic E-state index is 0.370. The molecule has 1 aromatic rings. The standard InChI is InChI=1S/C7H6N2O2/c10-4-6-3-5-1-2-11-7(5)9-8-6/h3-4H,1-2H2. The second kappa shape index (κ2) is 2.30. The molecule has 0 aliphatic carbocycles. The summed E-state index contributed by atoms with van der Waals surface area (Å²) in [5, 5.41) is 7.35. The van der Waals surface area contributed by atoms with Gasteiger partial charge >= 0.3 is 0 Å². The Hall–Kier alpha value is -1.45. The zero-order chi connectivity index (χ0) is 7.68. The van der Waals surface area contributed by atoms with Crippen LogP contribution in [0.25, 0.3) is 0 Å². The van der Waals surface area contributed by atoms with Crippen LogP contribution in [0.5, 0.6) is 5.88 Å². The third kappa shape index (κ3) is 0.960. The maximum Gasteiger partial charge on any atom is 0.236 e. The Morgan fingerprint density at radius 2 is 2.45 bits per heavy atom. The van der Waals surface area contributed by atoms with E-state index in [0.717, 1.165) is 12.0 Å². The van der Waals surface area contributed by atoms with Crippen molar-refractivity contribution in [2.75, 3.05) is 6.61 Å². The Labute approximate surface area is 63.2 Å². The van der Waals surface area contributed by atoms with Gasteiger partial charge in [-0.3, -0.25) is 4.79 Å². The van der Waals surface area contributed by atoms with Gasteiger partial charge in [0, 0.05) is 12.0 Å². The van der Waals surface area contributed by atoms with Crippen LogP contribution in [0.3, 0.4) is 0 Å². The first-order valence-corrected chi connectivity index (χ1v) is 3.35. The number of ether oxygens (including phenoxy) is 1. The highest BCUT2D eigenvalue weighted by atomic mass is 16.5. The van der Waals surface area contributed by atoms with E-state index >= 15 is 0 Å². The fourth-order valence-electron chi connectivity index (χ4n) is 1.05. The normalized spacial score (nSPS) is 13.8. The Kier molecular flexibility index (Phi) is 1.31.